The molecule has 0 amide bonds. The minimum atomic E-state index is -0.558. The van der Waals surface area contributed by atoms with Crippen molar-refractivity contribution >= 4 is 5.97 Å². The molecular weight excluding hydrogens is 452 g/mol. The topological polar surface area (TPSA) is 54.0 Å². The van der Waals surface area contributed by atoms with Gasteiger partial charge in [0.05, 0.1) is 6.42 Å². The van der Waals surface area contributed by atoms with Crippen LogP contribution >= 0.6 is 0 Å². The molecule has 1 saturated heterocycles. The van der Waals surface area contributed by atoms with Gasteiger partial charge in [-0.05, 0) is 28.8 Å². The largest absolute Gasteiger partial charge is 0.489 e. The van der Waals surface area contributed by atoms with E-state index in [1.807, 2.05) is 115 Å². The summed E-state index contributed by atoms with van der Waals surface area (Å²) in [6.45, 7) is 0.725. The van der Waals surface area contributed by atoms with E-state index >= 15 is 0 Å². The van der Waals surface area contributed by atoms with Crippen molar-refractivity contribution in [1.82, 2.24) is 0 Å². The van der Waals surface area contributed by atoms with E-state index in [0.29, 0.717) is 6.61 Å². The van der Waals surface area contributed by atoms with E-state index in [9.17, 15) is 4.79 Å². The number of rotatable bonds is 9. The molecule has 4 aromatic rings. The van der Waals surface area contributed by atoms with Crippen molar-refractivity contribution in [1.29, 1.82) is 0 Å². The maximum Gasteiger partial charge on any atom is 0.308 e. The summed E-state index contributed by atoms with van der Waals surface area (Å²) in [5.74, 6) is 0.439. The van der Waals surface area contributed by atoms with Gasteiger partial charge in [-0.25, -0.2) is 0 Å². The van der Waals surface area contributed by atoms with Gasteiger partial charge in [0.1, 0.15) is 31.2 Å². The number of carbonyl (C=O) groups is 1. The lowest BCUT2D eigenvalue weighted by Crippen LogP contribution is -2.21. The minimum Gasteiger partial charge on any atom is -0.489 e. The van der Waals surface area contributed by atoms with Gasteiger partial charge in [0.25, 0.3) is 0 Å². The van der Waals surface area contributed by atoms with Crippen LogP contribution in [0.5, 0.6) is 5.75 Å². The fourth-order valence-corrected chi connectivity index (χ4v) is 4.15. The molecule has 4 aromatic carbocycles. The molecule has 5 nitrogen and oxygen atoms in total. The third kappa shape index (κ3) is 6.19. The van der Waals surface area contributed by atoms with E-state index in [1.54, 1.807) is 0 Å². The van der Waals surface area contributed by atoms with Gasteiger partial charge in [-0.2, -0.15) is 0 Å². The summed E-state index contributed by atoms with van der Waals surface area (Å²) >= 11 is 0. The van der Waals surface area contributed by atoms with E-state index in [-0.39, 0.29) is 19.0 Å². The number of hydrogen-bond acceptors (Lipinski definition) is 5. The van der Waals surface area contributed by atoms with Crippen molar-refractivity contribution in [3.63, 3.8) is 0 Å². The maximum absolute atomic E-state index is 12.7. The lowest BCUT2D eigenvalue weighted by molar-refractivity contribution is -0.148. The average Bonchev–Trinajstić information content (AvgIpc) is 3.36. The molecule has 36 heavy (non-hydrogen) atoms. The summed E-state index contributed by atoms with van der Waals surface area (Å²) in [4.78, 5) is 12.7. The Labute approximate surface area is 211 Å². The second kappa shape index (κ2) is 11.7. The monoisotopic (exact) mass is 480 g/mol. The second-order valence-corrected chi connectivity index (χ2v) is 8.67. The number of ether oxygens (including phenoxy) is 4. The lowest BCUT2D eigenvalue weighted by Gasteiger charge is -2.17. The third-order valence-corrected chi connectivity index (χ3v) is 6.05. The standard InChI is InChI=1S/C31H28O5/c32-29(34-22-24-12-6-2-7-13-24)20-28-30(36-31(35-28)26-14-8-3-9-15-26)25-16-18-27(19-17-25)33-21-23-10-4-1-5-11-23/h1-19,28,30-31H,20-22H2/t28-,30?,31+/m1/s1. The molecule has 0 radical (unpaired) electrons. The fraction of sp³-hybridized carbons (Fsp3) is 0.194. The van der Waals surface area contributed by atoms with Gasteiger partial charge in [-0.3, -0.25) is 4.79 Å². The summed E-state index contributed by atoms with van der Waals surface area (Å²) in [6.07, 6.45) is -1.36. The van der Waals surface area contributed by atoms with Crippen molar-refractivity contribution < 1.29 is 23.7 Å². The number of carbonyl (C=O) groups excluding carboxylic acids is 1. The summed E-state index contributed by atoms with van der Waals surface area (Å²) in [5.41, 5.74) is 3.87. The van der Waals surface area contributed by atoms with Crippen molar-refractivity contribution in [3.8, 4) is 5.75 Å². The predicted octanol–water partition coefficient (Wildman–Crippen LogP) is 6.55. The van der Waals surface area contributed by atoms with Gasteiger partial charge in [-0.15, -0.1) is 0 Å². The summed E-state index contributed by atoms with van der Waals surface area (Å²) in [6, 6.07) is 37.2. The Balaban J connectivity index is 1.26. The van der Waals surface area contributed by atoms with Crippen LogP contribution in [0.25, 0.3) is 0 Å². The van der Waals surface area contributed by atoms with E-state index in [2.05, 4.69) is 0 Å². The Kier molecular flexibility index (Phi) is 7.71. The van der Waals surface area contributed by atoms with E-state index in [4.69, 9.17) is 18.9 Å². The maximum atomic E-state index is 12.7. The van der Waals surface area contributed by atoms with Gasteiger partial charge in [0.15, 0.2) is 6.29 Å². The molecule has 1 aliphatic rings. The highest BCUT2D eigenvalue weighted by atomic mass is 16.7. The zero-order valence-corrected chi connectivity index (χ0v) is 19.9. The molecule has 0 N–H and O–H groups in total. The zero-order chi connectivity index (χ0) is 24.6. The van der Waals surface area contributed by atoms with Crippen molar-refractivity contribution in [2.75, 3.05) is 0 Å². The molecule has 0 spiro atoms. The van der Waals surface area contributed by atoms with Crippen LogP contribution in [0.3, 0.4) is 0 Å². The second-order valence-electron chi connectivity index (χ2n) is 8.67. The number of hydrogen-bond donors (Lipinski definition) is 0. The Hall–Kier alpha value is -3.93. The molecule has 0 bridgehead atoms. The van der Waals surface area contributed by atoms with Gasteiger partial charge in [0.2, 0.25) is 0 Å². The van der Waals surface area contributed by atoms with Crippen molar-refractivity contribution in [2.45, 2.75) is 38.1 Å². The van der Waals surface area contributed by atoms with Crippen LogP contribution in [0.15, 0.2) is 115 Å². The fourth-order valence-electron chi connectivity index (χ4n) is 4.15. The Morgan fingerprint density at radius 3 is 1.86 bits per heavy atom. The first-order valence-electron chi connectivity index (χ1n) is 12.1. The summed E-state index contributed by atoms with van der Waals surface area (Å²) in [7, 11) is 0. The minimum absolute atomic E-state index is 0.0904. The number of esters is 1. The first-order chi connectivity index (χ1) is 17.7. The normalized spacial score (nSPS) is 19.1. The SMILES string of the molecule is O=C(C[C@H]1O[C@H](c2ccccc2)OC1c1ccc(OCc2ccccc2)cc1)OCc1ccccc1. The highest BCUT2D eigenvalue weighted by Crippen LogP contribution is 2.41. The molecule has 1 heterocycles. The van der Waals surface area contributed by atoms with E-state index < -0.39 is 18.5 Å². The van der Waals surface area contributed by atoms with Crippen LogP contribution < -0.4 is 4.74 Å². The van der Waals surface area contributed by atoms with E-state index in [1.165, 1.54) is 0 Å². The van der Waals surface area contributed by atoms with Crippen molar-refractivity contribution in [3.05, 3.63) is 138 Å². The third-order valence-electron chi connectivity index (χ3n) is 6.05. The van der Waals surface area contributed by atoms with Gasteiger partial charge in [-0.1, -0.05) is 103 Å². The van der Waals surface area contributed by atoms with Crippen LogP contribution in [0.1, 0.15) is 41.1 Å². The molecule has 0 aromatic heterocycles. The lowest BCUT2D eigenvalue weighted by atomic mass is 10.0. The summed E-state index contributed by atoms with van der Waals surface area (Å²) < 4.78 is 24.0. The van der Waals surface area contributed by atoms with Crippen LogP contribution in [0.2, 0.25) is 0 Å². The Morgan fingerprint density at radius 2 is 1.22 bits per heavy atom. The van der Waals surface area contributed by atoms with Crippen LogP contribution in [-0.2, 0) is 32.2 Å². The molecule has 1 fully saturated rings. The molecule has 5 rings (SSSR count). The molecule has 182 valence electrons. The molecule has 3 atom stereocenters. The Morgan fingerprint density at radius 1 is 0.639 bits per heavy atom. The van der Waals surface area contributed by atoms with Gasteiger partial charge < -0.3 is 18.9 Å². The molecular formula is C31H28O5. The van der Waals surface area contributed by atoms with Crippen LogP contribution in [0, 0.1) is 0 Å². The molecule has 0 aliphatic carbocycles. The van der Waals surface area contributed by atoms with Crippen LogP contribution in [-0.4, -0.2) is 12.1 Å². The predicted molar refractivity (Wildman–Crippen MR) is 136 cm³/mol. The first-order valence-corrected chi connectivity index (χ1v) is 12.1. The quantitative estimate of drug-likeness (QED) is 0.254. The van der Waals surface area contributed by atoms with Gasteiger partial charge >= 0.3 is 5.97 Å². The molecule has 1 aliphatic heterocycles. The highest BCUT2D eigenvalue weighted by molar-refractivity contribution is 5.70. The zero-order valence-electron chi connectivity index (χ0n) is 19.9. The molecule has 5 heteroatoms. The first kappa shape index (κ1) is 23.8. The number of benzene rings is 4. The highest BCUT2D eigenvalue weighted by Gasteiger charge is 2.39. The van der Waals surface area contributed by atoms with Crippen molar-refractivity contribution in [2.24, 2.45) is 0 Å². The van der Waals surface area contributed by atoms with Crippen LogP contribution in [0.4, 0.5) is 0 Å². The molecule has 0 saturated carbocycles. The van der Waals surface area contributed by atoms with E-state index in [0.717, 1.165) is 28.0 Å². The summed E-state index contributed by atoms with van der Waals surface area (Å²) in [5, 5.41) is 0. The smallest absolute Gasteiger partial charge is 0.308 e. The molecule has 1 unspecified atom stereocenters. The Bertz CT molecular complexity index is 1230. The van der Waals surface area contributed by atoms with Gasteiger partial charge in [0, 0.05) is 5.56 Å². The average molecular weight is 481 g/mol.